The molecule has 0 aromatic carbocycles. The lowest BCUT2D eigenvalue weighted by molar-refractivity contribution is -0.139. The van der Waals surface area contributed by atoms with E-state index >= 15 is 0 Å². The minimum Gasteiger partial charge on any atom is -0.455 e. The molecule has 2 aliphatic rings. The van der Waals surface area contributed by atoms with Gasteiger partial charge in [-0.05, 0) is 18.9 Å². The van der Waals surface area contributed by atoms with Crippen molar-refractivity contribution < 1.29 is 9.53 Å². The molecular formula is C15H18N6O2. The average Bonchev–Trinajstić information content (AvgIpc) is 2.94. The van der Waals surface area contributed by atoms with Crippen LogP contribution in [0.2, 0.25) is 0 Å². The van der Waals surface area contributed by atoms with Crippen LogP contribution in [0.15, 0.2) is 18.5 Å². The van der Waals surface area contributed by atoms with Crippen molar-refractivity contribution in [3.63, 3.8) is 0 Å². The third kappa shape index (κ3) is 2.76. The van der Waals surface area contributed by atoms with Gasteiger partial charge < -0.3 is 14.2 Å². The summed E-state index contributed by atoms with van der Waals surface area (Å²) in [5, 5.41) is 8.38. The van der Waals surface area contributed by atoms with E-state index in [0.29, 0.717) is 25.6 Å². The van der Waals surface area contributed by atoms with Crippen molar-refractivity contribution in [2.24, 2.45) is 5.92 Å². The summed E-state index contributed by atoms with van der Waals surface area (Å²) in [6.45, 7) is 2.21. The average molecular weight is 314 g/mol. The van der Waals surface area contributed by atoms with E-state index in [1.807, 2.05) is 9.47 Å². The normalized spacial score (nSPS) is 17.5. The van der Waals surface area contributed by atoms with Crippen LogP contribution in [-0.4, -0.2) is 42.1 Å². The van der Waals surface area contributed by atoms with Crippen molar-refractivity contribution in [2.45, 2.75) is 39.0 Å². The largest absolute Gasteiger partial charge is 0.455 e. The fourth-order valence-corrected chi connectivity index (χ4v) is 2.92. The van der Waals surface area contributed by atoms with E-state index < -0.39 is 0 Å². The fourth-order valence-electron chi connectivity index (χ4n) is 2.92. The van der Waals surface area contributed by atoms with Gasteiger partial charge in [-0.25, -0.2) is 9.97 Å². The topological polar surface area (TPSA) is 86.0 Å². The van der Waals surface area contributed by atoms with Gasteiger partial charge in [0.25, 0.3) is 0 Å². The van der Waals surface area contributed by atoms with Gasteiger partial charge in [0.2, 0.25) is 5.91 Å². The second kappa shape index (κ2) is 5.94. The molecule has 8 nitrogen and oxygen atoms in total. The maximum absolute atomic E-state index is 12.3. The zero-order valence-corrected chi connectivity index (χ0v) is 12.8. The Labute approximate surface area is 133 Å². The van der Waals surface area contributed by atoms with Crippen molar-refractivity contribution in [1.82, 2.24) is 29.6 Å². The number of fused-ring (bicyclic) bond motifs is 1. The van der Waals surface area contributed by atoms with Crippen molar-refractivity contribution in [3.8, 4) is 6.01 Å². The van der Waals surface area contributed by atoms with Gasteiger partial charge >= 0.3 is 6.01 Å². The third-order valence-electron chi connectivity index (χ3n) is 4.47. The second-order valence-electron chi connectivity index (χ2n) is 5.89. The molecule has 0 atom stereocenters. The van der Waals surface area contributed by atoms with Crippen LogP contribution in [0.25, 0.3) is 0 Å². The van der Waals surface area contributed by atoms with Gasteiger partial charge in [-0.1, -0.05) is 6.42 Å². The second-order valence-corrected chi connectivity index (χ2v) is 5.89. The first-order valence-corrected chi connectivity index (χ1v) is 7.91. The summed E-state index contributed by atoms with van der Waals surface area (Å²) in [5.74, 6) is 2.04. The Kier molecular flexibility index (Phi) is 3.64. The van der Waals surface area contributed by atoms with E-state index in [4.69, 9.17) is 4.74 Å². The number of rotatable bonds is 4. The molecule has 2 aromatic heterocycles. The molecule has 8 heteroatoms. The molecule has 1 saturated carbocycles. The summed E-state index contributed by atoms with van der Waals surface area (Å²) >= 11 is 0. The van der Waals surface area contributed by atoms with Gasteiger partial charge in [0.05, 0.1) is 6.54 Å². The number of ether oxygens (including phenoxy) is 1. The highest BCUT2D eigenvalue weighted by Crippen LogP contribution is 2.29. The molecule has 2 aromatic rings. The molecule has 0 bridgehead atoms. The Morgan fingerprint density at radius 3 is 2.78 bits per heavy atom. The molecule has 120 valence electrons. The number of nitrogens with zero attached hydrogens (tertiary/aromatic N) is 6. The summed E-state index contributed by atoms with van der Waals surface area (Å²) in [6.07, 6.45) is 6.48. The zero-order valence-electron chi connectivity index (χ0n) is 12.8. The van der Waals surface area contributed by atoms with Crippen molar-refractivity contribution >= 4 is 5.91 Å². The van der Waals surface area contributed by atoms with Gasteiger partial charge in [-0.15, -0.1) is 10.2 Å². The summed E-state index contributed by atoms with van der Waals surface area (Å²) in [4.78, 5) is 22.3. The van der Waals surface area contributed by atoms with Crippen molar-refractivity contribution in [1.29, 1.82) is 0 Å². The third-order valence-corrected chi connectivity index (χ3v) is 4.47. The van der Waals surface area contributed by atoms with Gasteiger partial charge in [-0.2, -0.15) is 0 Å². The number of hydrogen-bond donors (Lipinski definition) is 0. The Hall–Kier alpha value is -2.51. The zero-order chi connectivity index (χ0) is 15.6. The van der Waals surface area contributed by atoms with Crippen LogP contribution in [-0.2, 0) is 24.5 Å². The first-order chi connectivity index (χ1) is 11.3. The minimum absolute atomic E-state index is 0.225. The van der Waals surface area contributed by atoms with E-state index in [9.17, 15) is 4.79 Å². The molecule has 3 heterocycles. The number of amides is 1. The summed E-state index contributed by atoms with van der Waals surface area (Å²) < 4.78 is 7.55. The quantitative estimate of drug-likeness (QED) is 0.829. The number of carbonyl (C=O) groups is 1. The van der Waals surface area contributed by atoms with Crippen LogP contribution in [0.3, 0.4) is 0 Å². The van der Waals surface area contributed by atoms with E-state index in [2.05, 4.69) is 20.2 Å². The Bertz CT molecular complexity index is 697. The lowest BCUT2D eigenvalue weighted by atomic mass is 9.84. The molecule has 1 fully saturated rings. The minimum atomic E-state index is 0.225. The van der Waals surface area contributed by atoms with Crippen molar-refractivity contribution in [3.05, 3.63) is 30.1 Å². The predicted octanol–water partition coefficient (Wildman–Crippen LogP) is 0.789. The molecule has 23 heavy (non-hydrogen) atoms. The highest BCUT2D eigenvalue weighted by Gasteiger charge is 2.32. The fraction of sp³-hybridized carbons (Fsp3) is 0.533. The van der Waals surface area contributed by atoms with Crippen LogP contribution in [0.4, 0.5) is 0 Å². The molecular weight excluding hydrogens is 296 g/mol. The number of aromatic nitrogens is 5. The van der Waals surface area contributed by atoms with Crippen molar-refractivity contribution in [2.75, 3.05) is 6.54 Å². The summed E-state index contributed by atoms with van der Waals surface area (Å²) in [7, 11) is 0. The molecule has 4 rings (SSSR count). The van der Waals surface area contributed by atoms with Crippen LogP contribution in [0.1, 0.15) is 30.9 Å². The highest BCUT2D eigenvalue weighted by molar-refractivity contribution is 5.79. The van der Waals surface area contributed by atoms with E-state index in [1.54, 1.807) is 18.5 Å². The number of carbonyl (C=O) groups excluding carboxylic acids is 1. The lowest BCUT2D eigenvalue weighted by Gasteiger charge is -2.34. The van der Waals surface area contributed by atoms with Crippen LogP contribution < -0.4 is 4.74 Å². The summed E-state index contributed by atoms with van der Waals surface area (Å²) in [5.41, 5.74) is 0. The van der Waals surface area contributed by atoms with Gasteiger partial charge in [0.15, 0.2) is 18.3 Å². The van der Waals surface area contributed by atoms with E-state index in [-0.39, 0.29) is 18.4 Å². The van der Waals surface area contributed by atoms with Gasteiger partial charge in [0, 0.05) is 31.4 Å². The Morgan fingerprint density at radius 2 is 2.04 bits per heavy atom. The lowest BCUT2D eigenvalue weighted by Crippen LogP contribution is -2.43. The molecule has 0 spiro atoms. The molecule has 1 amide bonds. The standard InChI is InChI=1S/C15H18N6O2/c22-14(11-3-1-4-11)20-7-8-21-12(9-20)18-19-13(21)10-23-15-16-5-2-6-17-15/h2,5-6,11H,1,3-4,7-10H2. The SMILES string of the molecule is O=C(C1CCC1)N1CCn2c(COc3ncccn3)nnc2C1. The van der Waals surface area contributed by atoms with Crippen LogP contribution in [0.5, 0.6) is 6.01 Å². The first kappa shape index (κ1) is 14.1. The molecule has 0 radical (unpaired) electrons. The maximum atomic E-state index is 12.3. The van der Waals surface area contributed by atoms with Gasteiger partial charge in [-0.3, -0.25) is 4.79 Å². The summed E-state index contributed by atoms with van der Waals surface area (Å²) in [6, 6.07) is 2.06. The molecule has 0 unspecified atom stereocenters. The molecule has 1 aliphatic carbocycles. The van der Waals surface area contributed by atoms with E-state index in [1.165, 1.54) is 6.42 Å². The van der Waals surface area contributed by atoms with Crippen LogP contribution in [0, 0.1) is 5.92 Å². The number of hydrogen-bond acceptors (Lipinski definition) is 6. The monoisotopic (exact) mass is 314 g/mol. The Morgan fingerprint density at radius 1 is 1.22 bits per heavy atom. The van der Waals surface area contributed by atoms with Crippen LogP contribution >= 0.6 is 0 Å². The smallest absolute Gasteiger partial charge is 0.316 e. The Balaban J connectivity index is 1.41. The van der Waals surface area contributed by atoms with Gasteiger partial charge in [0.1, 0.15) is 0 Å². The highest BCUT2D eigenvalue weighted by atomic mass is 16.5. The predicted molar refractivity (Wildman–Crippen MR) is 79.1 cm³/mol. The maximum Gasteiger partial charge on any atom is 0.316 e. The molecule has 0 N–H and O–H groups in total. The molecule has 1 aliphatic heterocycles. The first-order valence-electron chi connectivity index (χ1n) is 7.91. The molecule has 0 saturated heterocycles. The van der Waals surface area contributed by atoms with E-state index in [0.717, 1.165) is 24.5 Å².